The van der Waals surface area contributed by atoms with Crippen molar-refractivity contribution in [2.45, 2.75) is 20.3 Å². The smallest absolute Gasteiger partial charge is 0.311 e. The van der Waals surface area contributed by atoms with Crippen LogP contribution in [0.2, 0.25) is 0 Å². The molecule has 1 amide bonds. The molecule has 0 radical (unpaired) electrons. The number of aliphatic carboxylic acids is 1. The molecule has 92 valence electrons. The first-order valence-electron chi connectivity index (χ1n) is 5.51. The van der Waals surface area contributed by atoms with Crippen molar-refractivity contribution in [1.29, 1.82) is 0 Å². The van der Waals surface area contributed by atoms with Crippen molar-refractivity contribution in [2.24, 2.45) is 5.41 Å². The largest absolute Gasteiger partial charge is 0.481 e. The Hall–Kier alpha value is -1.78. The van der Waals surface area contributed by atoms with Gasteiger partial charge in [-0.2, -0.15) is 0 Å². The molecule has 17 heavy (non-hydrogen) atoms. The van der Waals surface area contributed by atoms with Gasteiger partial charge in [0.2, 0.25) is 0 Å². The predicted molar refractivity (Wildman–Crippen MR) is 59.7 cm³/mol. The molecule has 2 rings (SSSR count). The van der Waals surface area contributed by atoms with Crippen LogP contribution < -0.4 is 0 Å². The Bertz CT molecular complexity index is 465. The lowest BCUT2D eigenvalue weighted by Gasteiger charge is -2.19. The van der Waals surface area contributed by atoms with E-state index in [0.29, 0.717) is 18.7 Å². The third-order valence-electron chi connectivity index (χ3n) is 3.23. The SMILES string of the molecule is Cc1ccc(C(=O)N2CCC(C)(C(=O)O)C2)o1. The number of aryl methyl sites for hydroxylation is 1. The molecule has 5 heteroatoms. The third-order valence-corrected chi connectivity index (χ3v) is 3.23. The van der Waals surface area contributed by atoms with E-state index in [-0.39, 0.29) is 18.2 Å². The monoisotopic (exact) mass is 237 g/mol. The molecule has 1 fully saturated rings. The molecule has 0 aromatic carbocycles. The fraction of sp³-hybridized carbons (Fsp3) is 0.500. The van der Waals surface area contributed by atoms with E-state index in [1.807, 2.05) is 0 Å². The fourth-order valence-corrected chi connectivity index (χ4v) is 2.01. The van der Waals surface area contributed by atoms with Crippen LogP contribution in [-0.4, -0.2) is 35.0 Å². The maximum atomic E-state index is 12.0. The highest BCUT2D eigenvalue weighted by molar-refractivity contribution is 5.92. The molecule has 1 unspecified atom stereocenters. The Balaban J connectivity index is 2.11. The van der Waals surface area contributed by atoms with Gasteiger partial charge in [-0.25, -0.2) is 0 Å². The number of carboxylic acid groups (broad SMARTS) is 1. The average molecular weight is 237 g/mol. The van der Waals surface area contributed by atoms with E-state index < -0.39 is 11.4 Å². The summed E-state index contributed by atoms with van der Waals surface area (Å²) >= 11 is 0. The zero-order valence-corrected chi connectivity index (χ0v) is 9.90. The number of carboxylic acids is 1. The van der Waals surface area contributed by atoms with Gasteiger partial charge in [-0.3, -0.25) is 9.59 Å². The van der Waals surface area contributed by atoms with Crippen LogP contribution in [0.25, 0.3) is 0 Å². The first-order valence-corrected chi connectivity index (χ1v) is 5.51. The van der Waals surface area contributed by atoms with Crippen molar-refractivity contribution >= 4 is 11.9 Å². The van der Waals surface area contributed by atoms with Crippen molar-refractivity contribution in [1.82, 2.24) is 4.90 Å². The van der Waals surface area contributed by atoms with Crippen LogP contribution in [0, 0.1) is 12.3 Å². The molecule has 5 nitrogen and oxygen atoms in total. The van der Waals surface area contributed by atoms with Crippen molar-refractivity contribution < 1.29 is 19.1 Å². The quantitative estimate of drug-likeness (QED) is 0.846. The normalized spacial score (nSPS) is 24.0. The lowest BCUT2D eigenvalue weighted by molar-refractivity contribution is -0.147. The third kappa shape index (κ3) is 2.05. The van der Waals surface area contributed by atoms with Crippen molar-refractivity contribution in [3.63, 3.8) is 0 Å². The van der Waals surface area contributed by atoms with Gasteiger partial charge in [0.1, 0.15) is 5.76 Å². The van der Waals surface area contributed by atoms with Gasteiger partial charge in [0.15, 0.2) is 5.76 Å². The summed E-state index contributed by atoms with van der Waals surface area (Å²) in [6.07, 6.45) is 0.480. The maximum absolute atomic E-state index is 12.0. The molecule has 1 atom stereocenters. The second kappa shape index (κ2) is 3.91. The standard InChI is InChI=1S/C12H15NO4/c1-8-3-4-9(17-8)10(14)13-6-5-12(2,7-13)11(15)16/h3-4H,5-7H2,1-2H3,(H,15,16). The molecule has 0 aliphatic carbocycles. The second-order valence-corrected chi connectivity index (χ2v) is 4.75. The summed E-state index contributed by atoms with van der Waals surface area (Å²) in [6.45, 7) is 4.13. The topological polar surface area (TPSA) is 70.8 Å². The number of hydrogen-bond acceptors (Lipinski definition) is 3. The Morgan fingerprint density at radius 3 is 2.65 bits per heavy atom. The number of furan rings is 1. The molecule has 1 saturated heterocycles. The highest BCUT2D eigenvalue weighted by Gasteiger charge is 2.42. The number of hydrogen-bond donors (Lipinski definition) is 1. The molecule has 1 aromatic rings. The van der Waals surface area contributed by atoms with Crippen molar-refractivity contribution in [2.75, 3.05) is 13.1 Å². The second-order valence-electron chi connectivity index (χ2n) is 4.75. The van der Waals surface area contributed by atoms with Crippen molar-refractivity contribution in [3.8, 4) is 0 Å². The fourth-order valence-electron chi connectivity index (χ4n) is 2.01. The summed E-state index contributed by atoms with van der Waals surface area (Å²) in [6, 6.07) is 3.34. The molecular weight excluding hydrogens is 222 g/mol. The van der Waals surface area contributed by atoms with Crippen LogP contribution in [0.1, 0.15) is 29.7 Å². The summed E-state index contributed by atoms with van der Waals surface area (Å²) in [5, 5.41) is 9.09. The molecule has 0 saturated carbocycles. The molecule has 1 aliphatic rings. The summed E-state index contributed by atoms with van der Waals surface area (Å²) in [5.41, 5.74) is -0.836. The van der Waals surface area contributed by atoms with E-state index in [0.717, 1.165) is 0 Å². The minimum Gasteiger partial charge on any atom is -0.481 e. The van der Waals surface area contributed by atoms with Gasteiger partial charge in [-0.1, -0.05) is 0 Å². The molecule has 1 aromatic heterocycles. The summed E-state index contributed by atoms with van der Waals surface area (Å²) < 4.78 is 5.25. The number of carbonyl (C=O) groups is 2. The van der Waals surface area contributed by atoms with Crippen LogP contribution in [0.15, 0.2) is 16.5 Å². The Morgan fingerprint density at radius 1 is 1.47 bits per heavy atom. The highest BCUT2D eigenvalue weighted by Crippen LogP contribution is 2.31. The van der Waals surface area contributed by atoms with E-state index in [4.69, 9.17) is 9.52 Å². The van der Waals surface area contributed by atoms with Crippen LogP contribution >= 0.6 is 0 Å². The lowest BCUT2D eigenvalue weighted by atomic mass is 9.90. The van der Waals surface area contributed by atoms with Gasteiger partial charge in [-0.15, -0.1) is 0 Å². The van der Waals surface area contributed by atoms with E-state index in [1.165, 1.54) is 4.90 Å². The first-order chi connectivity index (χ1) is 7.92. The zero-order valence-electron chi connectivity index (χ0n) is 9.90. The molecule has 2 heterocycles. The van der Waals surface area contributed by atoms with E-state index in [1.54, 1.807) is 26.0 Å². The van der Waals surface area contributed by atoms with Gasteiger partial charge >= 0.3 is 5.97 Å². The number of likely N-dealkylation sites (tertiary alicyclic amines) is 1. The molecule has 0 spiro atoms. The zero-order chi connectivity index (χ0) is 12.6. The molecule has 0 bridgehead atoms. The highest BCUT2D eigenvalue weighted by atomic mass is 16.4. The van der Waals surface area contributed by atoms with Gasteiger partial charge < -0.3 is 14.4 Å². The number of rotatable bonds is 2. The van der Waals surface area contributed by atoms with Gasteiger partial charge in [0, 0.05) is 13.1 Å². The van der Waals surface area contributed by atoms with E-state index >= 15 is 0 Å². The molecule has 1 N–H and O–H groups in total. The van der Waals surface area contributed by atoms with Crippen LogP contribution in [0.4, 0.5) is 0 Å². The number of amides is 1. The summed E-state index contributed by atoms with van der Waals surface area (Å²) in [5.74, 6) is -0.141. The van der Waals surface area contributed by atoms with Gasteiger partial charge in [0.05, 0.1) is 5.41 Å². The number of nitrogens with zero attached hydrogens (tertiary/aromatic N) is 1. The minimum absolute atomic E-state index is 0.233. The minimum atomic E-state index is -0.858. The Labute approximate surface area is 99.0 Å². The van der Waals surface area contributed by atoms with Crippen LogP contribution in [0.5, 0.6) is 0 Å². The maximum Gasteiger partial charge on any atom is 0.311 e. The number of carbonyl (C=O) groups excluding carboxylic acids is 1. The van der Waals surface area contributed by atoms with Crippen LogP contribution in [-0.2, 0) is 4.79 Å². The van der Waals surface area contributed by atoms with Crippen molar-refractivity contribution in [3.05, 3.63) is 23.7 Å². The molecule has 1 aliphatic heterocycles. The predicted octanol–water partition coefficient (Wildman–Crippen LogP) is 1.52. The lowest BCUT2D eigenvalue weighted by Crippen LogP contribution is -2.34. The van der Waals surface area contributed by atoms with E-state index in [2.05, 4.69) is 0 Å². The summed E-state index contributed by atoms with van der Waals surface area (Å²) in [4.78, 5) is 24.6. The Morgan fingerprint density at radius 2 is 2.18 bits per heavy atom. The summed E-state index contributed by atoms with van der Waals surface area (Å²) in [7, 11) is 0. The first kappa shape index (κ1) is 11.7. The van der Waals surface area contributed by atoms with Gasteiger partial charge in [0.25, 0.3) is 5.91 Å². The van der Waals surface area contributed by atoms with Crippen LogP contribution in [0.3, 0.4) is 0 Å². The Kier molecular flexibility index (Phi) is 2.69. The van der Waals surface area contributed by atoms with Gasteiger partial charge in [-0.05, 0) is 32.4 Å². The van der Waals surface area contributed by atoms with E-state index in [9.17, 15) is 9.59 Å². The average Bonchev–Trinajstić information content (AvgIpc) is 2.85. The molecular formula is C12H15NO4.